The summed E-state index contributed by atoms with van der Waals surface area (Å²) in [5.41, 5.74) is 5.36. The molecule has 0 aromatic heterocycles. The van der Waals surface area contributed by atoms with Gasteiger partial charge in [0, 0.05) is 48.7 Å². The van der Waals surface area contributed by atoms with E-state index in [0.717, 1.165) is 13.1 Å². The lowest BCUT2D eigenvalue weighted by molar-refractivity contribution is 0.971. The Bertz CT molecular complexity index is 892. The van der Waals surface area contributed by atoms with E-state index < -0.39 is 0 Å². The molecule has 0 bridgehead atoms. The van der Waals surface area contributed by atoms with Crippen LogP contribution in [0.2, 0.25) is 0 Å². The van der Waals surface area contributed by atoms with Crippen molar-refractivity contribution in [2.24, 2.45) is 0 Å². The molecule has 3 rings (SSSR count). The van der Waals surface area contributed by atoms with E-state index in [1.165, 1.54) is 44.0 Å². The lowest BCUT2D eigenvalue weighted by atomic mass is 9.93. The molecule has 0 spiro atoms. The van der Waals surface area contributed by atoms with Crippen molar-refractivity contribution in [3.8, 4) is 0 Å². The molecule has 0 atom stereocenters. The van der Waals surface area contributed by atoms with Gasteiger partial charge in [0.15, 0.2) is 0 Å². The molecule has 0 aliphatic rings. The summed E-state index contributed by atoms with van der Waals surface area (Å²) in [5.74, 6) is 0. The van der Waals surface area contributed by atoms with E-state index in [9.17, 15) is 0 Å². The zero-order chi connectivity index (χ0) is 17.4. The molecule has 0 saturated carbocycles. The second kappa shape index (κ2) is 6.35. The number of fused-ring (bicyclic) bond motifs is 2. The van der Waals surface area contributed by atoms with E-state index >= 15 is 0 Å². The van der Waals surface area contributed by atoms with Crippen LogP contribution in [0, 0.1) is 13.8 Å². The van der Waals surface area contributed by atoms with Crippen LogP contribution < -0.4 is 9.80 Å². The summed E-state index contributed by atoms with van der Waals surface area (Å²) in [6, 6.07) is 13.6. The Labute approximate surface area is 145 Å². The minimum absolute atomic E-state index is 0.995. The van der Waals surface area contributed by atoms with Crippen molar-refractivity contribution in [3.63, 3.8) is 0 Å². The minimum atomic E-state index is 0.995. The van der Waals surface area contributed by atoms with Crippen LogP contribution in [0.5, 0.6) is 0 Å². The molecule has 0 saturated heterocycles. The monoisotopic (exact) mass is 320 g/mol. The zero-order valence-corrected chi connectivity index (χ0v) is 15.8. The molecule has 3 aromatic carbocycles. The van der Waals surface area contributed by atoms with Gasteiger partial charge in [0.1, 0.15) is 0 Å². The summed E-state index contributed by atoms with van der Waals surface area (Å²) in [6.07, 6.45) is 0. The third-order valence-electron chi connectivity index (χ3n) is 5.16. The van der Waals surface area contributed by atoms with Crippen molar-refractivity contribution < 1.29 is 0 Å². The Morgan fingerprint density at radius 2 is 1.42 bits per heavy atom. The standard InChI is InChI=1S/C22H28N2/c1-7-23(5)21-18-11-9-10-16(4)20(18)22(24(6)8-2)17-13-12-15(3)14-19(17)21/h9-14H,7-8H2,1-6H3. The highest BCUT2D eigenvalue weighted by Crippen LogP contribution is 2.44. The molecule has 0 unspecified atom stereocenters. The number of hydrogen-bond acceptors (Lipinski definition) is 2. The fourth-order valence-electron chi connectivity index (χ4n) is 3.64. The van der Waals surface area contributed by atoms with Crippen LogP contribution in [0.4, 0.5) is 11.4 Å². The molecule has 0 radical (unpaired) electrons. The average molecular weight is 320 g/mol. The van der Waals surface area contributed by atoms with Gasteiger partial charge >= 0.3 is 0 Å². The summed E-state index contributed by atoms with van der Waals surface area (Å²) in [5, 5.41) is 5.44. The van der Waals surface area contributed by atoms with Crippen LogP contribution in [0.25, 0.3) is 21.5 Å². The third kappa shape index (κ3) is 2.50. The van der Waals surface area contributed by atoms with Crippen LogP contribution in [-0.4, -0.2) is 27.2 Å². The van der Waals surface area contributed by atoms with E-state index in [1.54, 1.807) is 0 Å². The number of aryl methyl sites for hydroxylation is 2. The normalized spacial score (nSPS) is 11.2. The molecular weight excluding hydrogens is 292 g/mol. The summed E-state index contributed by atoms with van der Waals surface area (Å²) >= 11 is 0. The molecule has 0 N–H and O–H groups in total. The lowest BCUT2D eigenvalue weighted by Crippen LogP contribution is -2.20. The molecule has 0 aliphatic heterocycles. The highest BCUT2D eigenvalue weighted by molar-refractivity contribution is 6.21. The maximum Gasteiger partial charge on any atom is 0.0527 e. The van der Waals surface area contributed by atoms with Gasteiger partial charge in [-0.1, -0.05) is 35.9 Å². The first kappa shape index (κ1) is 16.6. The summed E-state index contributed by atoms with van der Waals surface area (Å²) in [6.45, 7) is 10.8. The quantitative estimate of drug-likeness (QED) is 0.461. The Balaban J connectivity index is 2.61. The molecule has 3 aromatic rings. The summed E-state index contributed by atoms with van der Waals surface area (Å²) in [7, 11) is 4.39. The predicted octanol–water partition coefficient (Wildman–Crippen LogP) is 5.52. The average Bonchev–Trinajstić information content (AvgIpc) is 2.58. The molecule has 2 heteroatoms. The van der Waals surface area contributed by atoms with Gasteiger partial charge in [-0.2, -0.15) is 0 Å². The fourth-order valence-corrected chi connectivity index (χ4v) is 3.64. The number of benzene rings is 3. The lowest BCUT2D eigenvalue weighted by Gasteiger charge is -2.28. The zero-order valence-electron chi connectivity index (χ0n) is 15.8. The van der Waals surface area contributed by atoms with E-state index in [2.05, 4.69) is 88.0 Å². The molecule has 0 fully saturated rings. The molecule has 0 heterocycles. The van der Waals surface area contributed by atoms with Crippen molar-refractivity contribution in [1.82, 2.24) is 0 Å². The SMILES string of the molecule is CCN(C)c1c2cc(C)ccc2c(N(C)CC)c2c(C)cccc12. The maximum atomic E-state index is 2.38. The number of nitrogens with zero attached hydrogens (tertiary/aromatic N) is 2. The predicted molar refractivity (Wildman–Crippen MR) is 109 cm³/mol. The van der Waals surface area contributed by atoms with E-state index in [-0.39, 0.29) is 0 Å². The summed E-state index contributed by atoms with van der Waals surface area (Å²) in [4.78, 5) is 4.75. The van der Waals surface area contributed by atoms with Gasteiger partial charge in [-0.25, -0.2) is 0 Å². The molecule has 2 nitrogen and oxygen atoms in total. The topological polar surface area (TPSA) is 6.48 Å². The van der Waals surface area contributed by atoms with Gasteiger partial charge in [-0.15, -0.1) is 0 Å². The van der Waals surface area contributed by atoms with Gasteiger partial charge in [0.2, 0.25) is 0 Å². The van der Waals surface area contributed by atoms with Gasteiger partial charge in [-0.3, -0.25) is 0 Å². The molecule has 24 heavy (non-hydrogen) atoms. The third-order valence-corrected chi connectivity index (χ3v) is 5.16. The highest BCUT2D eigenvalue weighted by atomic mass is 15.1. The van der Waals surface area contributed by atoms with Crippen LogP contribution in [0.1, 0.15) is 25.0 Å². The van der Waals surface area contributed by atoms with Gasteiger partial charge in [0.05, 0.1) is 11.4 Å². The maximum absolute atomic E-state index is 2.38. The highest BCUT2D eigenvalue weighted by Gasteiger charge is 2.19. The van der Waals surface area contributed by atoms with Crippen molar-refractivity contribution in [1.29, 1.82) is 0 Å². The van der Waals surface area contributed by atoms with Crippen molar-refractivity contribution in [2.45, 2.75) is 27.7 Å². The van der Waals surface area contributed by atoms with Crippen LogP contribution >= 0.6 is 0 Å². The molecule has 126 valence electrons. The van der Waals surface area contributed by atoms with Gasteiger partial charge in [-0.05, 0) is 39.3 Å². The number of rotatable bonds is 4. The van der Waals surface area contributed by atoms with Crippen molar-refractivity contribution in [3.05, 3.63) is 47.5 Å². The second-order valence-corrected chi connectivity index (χ2v) is 6.77. The first-order chi connectivity index (χ1) is 11.5. The number of hydrogen-bond donors (Lipinski definition) is 0. The van der Waals surface area contributed by atoms with Crippen LogP contribution in [-0.2, 0) is 0 Å². The summed E-state index contributed by atoms with van der Waals surface area (Å²) < 4.78 is 0. The van der Waals surface area contributed by atoms with E-state index in [4.69, 9.17) is 0 Å². The Morgan fingerprint density at radius 1 is 0.750 bits per heavy atom. The molecule has 0 aliphatic carbocycles. The van der Waals surface area contributed by atoms with E-state index in [1.807, 2.05) is 0 Å². The minimum Gasteiger partial charge on any atom is -0.374 e. The Morgan fingerprint density at radius 3 is 2.08 bits per heavy atom. The molecular formula is C22H28N2. The smallest absolute Gasteiger partial charge is 0.0527 e. The Kier molecular flexibility index (Phi) is 4.40. The van der Waals surface area contributed by atoms with Gasteiger partial charge < -0.3 is 9.80 Å². The largest absolute Gasteiger partial charge is 0.374 e. The van der Waals surface area contributed by atoms with Crippen molar-refractivity contribution in [2.75, 3.05) is 37.0 Å². The Hall–Kier alpha value is -2.22. The van der Waals surface area contributed by atoms with E-state index in [0.29, 0.717) is 0 Å². The second-order valence-electron chi connectivity index (χ2n) is 6.77. The first-order valence-electron chi connectivity index (χ1n) is 8.87. The van der Waals surface area contributed by atoms with Crippen LogP contribution in [0.15, 0.2) is 36.4 Å². The first-order valence-corrected chi connectivity index (χ1v) is 8.87. The molecule has 0 amide bonds. The van der Waals surface area contributed by atoms with Crippen molar-refractivity contribution >= 4 is 32.9 Å². The van der Waals surface area contributed by atoms with Crippen LogP contribution in [0.3, 0.4) is 0 Å². The number of anilines is 2. The van der Waals surface area contributed by atoms with Gasteiger partial charge in [0.25, 0.3) is 0 Å². The fraction of sp³-hybridized carbons (Fsp3) is 0.364.